The SMILES string of the molecule is COc1ccc(C(NC(C)=O)c2nccn2C)cc1OC. The molecule has 1 aromatic heterocycles. The van der Waals surface area contributed by atoms with Gasteiger partial charge in [0, 0.05) is 26.4 Å². The first kappa shape index (κ1) is 14.9. The second-order valence-electron chi connectivity index (χ2n) is 4.64. The van der Waals surface area contributed by atoms with Crippen LogP contribution in [0.25, 0.3) is 0 Å². The standard InChI is InChI=1S/C15H19N3O3/c1-10(19)17-14(15-16-7-8-18(15)2)11-5-6-12(20-3)13(9-11)21-4/h5-9,14H,1-4H3,(H,17,19). The first-order chi connectivity index (χ1) is 10.1. The third-order valence-corrected chi connectivity index (χ3v) is 3.21. The van der Waals surface area contributed by atoms with E-state index in [1.54, 1.807) is 20.4 Å². The maximum atomic E-state index is 11.5. The molecule has 0 aliphatic rings. The summed E-state index contributed by atoms with van der Waals surface area (Å²) in [4.78, 5) is 15.8. The van der Waals surface area contributed by atoms with Gasteiger partial charge in [-0.2, -0.15) is 0 Å². The molecular weight excluding hydrogens is 270 g/mol. The first-order valence-electron chi connectivity index (χ1n) is 6.53. The van der Waals surface area contributed by atoms with E-state index in [2.05, 4.69) is 10.3 Å². The van der Waals surface area contributed by atoms with E-state index in [9.17, 15) is 4.79 Å². The monoisotopic (exact) mass is 289 g/mol. The summed E-state index contributed by atoms with van der Waals surface area (Å²) in [5, 5.41) is 2.91. The van der Waals surface area contributed by atoms with Crippen LogP contribution in [0.4, 0.5) is 0 Å². The molecule has 0 radical (unpaired) electrons. The molecule has 6 nitrogen and oxygen atoms in total. The summed E-state index contributed by atoms with van der Waals surface area (Å²) in [5.74, 6) is 1.87. The summed E-state index contributed by atoms with van der Waals surface area (Å²) in [6.07, 6.45) is 3.54. The van der Waals surface area contributed by atoms with Gasteiger partial charge >= 0.3 is 0 Å². The number of carbonyl (C=O) groups is 1. The van der Waals surface area contributed by atoms with Crippen LogP contribution in [-0.2, 0) is 11.8 Å². The number of ether oxygens (including phenoxy) is 2. The Morgan fingerprint density at radius 1 is 1.29 bits per heavy atom. The smallest absolute Gasteiger partial charge is 0.217 e. The van der Waals surface area contributed by atoms with Gasteiger partial charge in [0.05, 0.1) is 14.2 Å². The molecule has 0 aliphatic carbocycles. The van der Waals surface area contributed by atoms with Gasteiger partial charge in [-0.1, -0.05) is 6.07 Å². The molecule has 1 unspecified atom stereocenters. The van der Waals surface area contributed by atoms with Crippen LogP contribution in [0.5, 0.6) is 11.5 Å². The van der Waals surface area contributed by atoms with E-state index in [1.807, 2.05) is 36.0 Å². The van der Waals surface area contributed by atoms with Crippen molar-refractivity contribution in [3.05, 3.63) is 42.0 Å². The molecule has 2 rings (SSSR count). The highest BCUT2D eigenvalue weighted by atomic mass is 16.5. The van der Waals surface area contributed by atoms with Crippen molar-refractivity contribution in [1.29, 1.82) is 0 Å². The van der Waals surface area contributed by atoms with Crippen molar-refractivity contribution in [3.63, 3.8) is 0 Å². The fourth-order valence-electron chi connectivity index (χ4n) is 2.19. The Balaban J connectivity index is 2.46. The molecule has 0 aliphatic heterocycles. The van der Waals surface area contributed by atoms with Crippen LogP contribution < -0.4 is 14.8 Å². The molecule has 0 saturated heterocycles. The number of benzene rings is 1. The van der Waals surface area contributed by atoms with Crippen molar-refractivity contribution in [2.24, 2.45) is 7.05 Å². The third kappa shape index (κ3) is 3.16. The van der Waals surface area contributed by atoms with Crippen molar-refractivity contribution < 1.29 is 14.3 Å². The zero-order valence-electron chi connectivity index (χ0n) is 12.6. The summed E-state index contributed by atoms with van der Waals surface area (Å²) in [6.45, 7) is 1.48. The molecule has 1 amide bonds. The first-order valence-corrected chi connectivity index (χ1v) is 6.53. The van der Waals surface area contributed by atoms with Gasteiger partial charge in [-0.15, -0.1) is 0 Å². The molecule has 1 atom stereocenters. The van der Waals surface area contributed by atoms with Crippen LogP contribution in [0.3, 0.4) is 0 Å². The fourth-order valence-corrected chi connectivity index (χ4v) is 2.19. The van der Waals surface area contributed by atoms with Crippen molar-refractivity contribution in [1.82, 2.24) is 14.9 Å². The van der Waals surface area contributed by atoms with Crippen molar-refractivity contribution >= 4 is 5.91 Å². The van der Waals surface area contributed by atoms with E-state index in [4.69, 9.17) is 9.47 Å². The lowest BCUT2D eigenvalue weighted by molar-refractivity contribution is -0.119. The molecule has 0 spiro atoms. The van der Waals surface area contributed by atoms with Gasteiger partial charge in [0.1, 0.15) is 11.9 Å². The molecule has 21 heavy (non-hydrogen) atoms. The number of hydrogen-bond acceptors (Lipinski definition) is 4. The van der Waals surface area contributed by atoms with E-state index in [-0.39, 0.29) is 11.9 Å². The second kappa shape index (κ2) is 6.30. The van der Waals surface area contributed by atoms with E-state index in [1.165, 1.54) is 6.92 Å². The van der Waals surface area contributed by atoms with E-state index < -0.39 is 0 Å². The number of nitrogens with one attached hydrogen (secondary N) is 1. The number of rotatable bonds is 5. The van der Waals surface area contributed by atoms with Gasteiger partial charge in [-0.05, 0) is 17.7 Å². The molecule has 112 valence electrons. The molecule has 2 aromatic rings. The Labute approximate surface area is 123 Å². The largest absolute Gasteiger partial charge is 0.493 e. The lowest BCUT2D eigenvalue weighted by Gasteiger charge is -2.19. The zero-order valence-corrected chi connectivity index (χ0v) is 12.6. The predicted octanol–water partition coefficient (Wildman–Crippen LogP) is 1.66. The topological polar surface area (TPSA) is 65.4 Å². The lowest BCUT2D eigenvalue weighted by atomic mass is 10.1. The van der Waals surface area contributed by atoms with Gasteiger partial charge in [-0.3, -0.25) is 4.79 Å². The average molecular weight is 289 g/mol. The Bertz CT molecular complexity index is 637. The molecule has 0 saturated carbocycles. The average Bonchev–Trinajstić information content (AvgIpc) is 2.89. The zero-order chi connectivity index (χ0) is 15.4. The highest BCUT2D eigenvalue weighted by molar-refractivity contribution is 5.74. The minimum atomic E-state index is -0.345. The molecule has 1 aromatic carbocycles. The Morgan fingerprint density at radius 2 is 2.00 bits per heavy atom. The van der Waals surface area contributed by atoms with Crippen molar-refractivity contribution in [3.8, 4) is 11.5 Å². The number of imidazole rings is 1. The molecular formula is C15H19N3O3. The van der Waals surface area contributed by atoms with Crippen molar-refractivity contribution in [2.45, 2.75) is 13.0 Å². The van der Waals surface area contributed by atoms with Gasteiger partial charge in [0.2, 0.25) is 5.91 Å². The quantitative estimate of drug-likeness (QED) is 0.909. The normalized spacial score (nSPS) is 11.8. The number of carbonyl (C=O) groups excluding carboxylic acids is 1. The minimum absolute atomic E-state index is 0.127. The van der Waals surface area contributed by atoms with Crippen LogP contribution in [0, 0.1) is 0 Å². The van der Waals surface area contributed by atoms with Crippen LogP contribution in [0.2, 0.25) is 0 Å². The van der Waals surface area contributed by atoms with E-state index in [0.29, 0.717) is 11.5 Å². The maximum Gasteiger partial charge on any atom is 0.217 e. The van der Waals surface area contributed by atoms with Crippen LogP contribution in [0.15, 0.2) is 30.6 Å². The van der Waals surface area contributed by atoms with Gasteiger partial charge in [0.25, 0.3) is 0 Å². The summed E-state index contributed by atoms with van der Waals surface area (Å²) in [6, 6.07) is 5.19. The highest BCUT2D eigenvalue weighted by Gasteiger charge is 2.20. The van der Waals surface area contributed by atoms with Crippen LogP contribution in [-0.4, -0.2) is 29.7 Å². The number of aryl methyl sites for hydroxylation is 1. The molecule has 6 heteroatoms. The second-order valence-corrected chi connectivity index (χ2v) is 4.64. The minimum Gasteiger partial charge on any atom is -0.493 e. The summed E-state index contributed by atoms with van der Waals surface area (Å²) in [7, 11) is 5.05. The molecule has 0 fully saturated rings. The summed E-state index contributed by atoms with van der Waals surface area (Å²) in [5.41, 5.74) is 0.872. The highest BCUT2D eigenvalue weighted by Crippen LogP contribution is 2.31. The lowest BCUT2D eigenvalue weighted by Crippen LogP contribution is -2.29. The summed E-state index contributed by atoms with van der Waals surface area (Å²) < 4.78 is 12.4. The van der Waals surface area contributed by atoms with Gasteiger partial charge < -0.3 is 19.4 Å². The number of nitrogens with zero attached hydrogens (tertiary/aromatic N) is 2. The fraction of sp³-hybridized carbons (Fsp3) is 0.333. The molecule has 1 N–H and O–H groups in total. The van der Waals surface area contributed by atoms with Gasteiger partial charge in [0.15, 0.2) is 11.5 Å². The number of hydrogen-bond donors (Lipinski definition) is 1. The van der Waals surface area contributed by atoms with Crippen LogP contribution >= 0.6 is 0 Å². The number of aromatic nitrogens is 2. The Hall–Kier alpha value is -2.50. The maximum absolute atomic E-state index is 11.5. The number of amides is 1. The molecule has 1 heterocycles. The van der Waals surface area contributed by atoms with Gasteiger partial charge in [-0.25, -0.2) is 4.98 Å². The van der Waals surface area contributed by atoms with E-state index in [0.717, 1.165) is 11.4 Å². The Morgan fingerprint density at radius 3 is 2.52 bits per heavy atom. The van der Waals surface area contributed by atoms with Crippen LogP contribution in [0.1, 0.15) is 24.4 Å². The Kier molecular flexibility index (Phi) is 4.47. The molecule has 0 bridgehead atoms. The summed E-state index contributed by atoms with van der Waals surface area (Å²) >= 11 is 0. The third-order valence-electron chi connectivity index (χ3n) is 3.21. The van der Waals surface area contributed by atoms with E-state index >= 15 is 0 Å². The van der Waals surface area contributed by atoms with Crippen molar-refractivity contribution in [2.75, 3.05) is 14.2 Å². The number of methoxy groups -OCH3 is 2. The predicted molar refractivity (Wildman–Crippen MR) is 78.4 cm³/mol.